The van der Waals surface area contributed by atoms with E-state index in [1.54, 1.807) is 0 Å². The highest BCUT2D eigenvalue weighted by molar-refractivity contribution is 6.31. The molecule has 0 aromatic heterocycles. The van der Waals surface area contributed by atoms with E-state index in [2.05, 4.69) is 5.32 Å². The summed E-state index contributed by atoms with van der Waals surface area (Å²) >= 11 is 6.04. The van der Waals surface area contributed by atoms with Crippen LogP contribution in [-0.4, -0.2) is 12.6 Å². The van der Waals surface area contributed by atoms with Crippen molar-refractivity contribution in [2.24, 2.45) is 5.92 Å². The van der Waals surface area contributed by atoms with Crippen LogP contribution in [0, 0.1) is 11.7 Å². The second-order valence-electron chi connectivity index (χ2n) is 4.95. The van der Waals surface area contributed by atoms with Crippen molar-refractivity contribution in [3.63, 3.8) is 0 Å². The van der Waals surface area contributed by atoms with Crippen LogP contribution in [0.25, 0.3) is 0 Å². The Balaban J connectivity index is 1.61. The first-order valence-corrected chi connectivity index (χ1v) is 6.30. The van der Waals surface area contributed by atoms with Gasteiger partial charge in [-0.1, -0.05) is 17.7 Å². The average molecular weight is 240 g/mol. The molecular formula is C13H15ClFN. The minimum absolute atomic E-state index is 0.248. The molecular weight excluding hydrogens is 225 g/mol. The molecule has 2 atom stereocenters. The zero-order valence-corrected chi connectivity index (χ0v) is 9.80. The molecule has 0 saturated heterocycles. The van der Waals surface area contributed by atoms with Gasteiger partial charge in [0.1, 0.15) is 5.82 Å². The third-order valence-electron chi connectivity index (χ3n) is 3.53. The second kappa shape index (κ2) is 4.01. The lowest BCUT2D eigenvalue weighted by molar-refractivity contribution is 0.619. The minimum atomic E-state index is -0.248. The average Bonchev–Trinajstić information content (AvgIpc) is 3.11. The standard InChI is InChI=1S/C13H15ClFN/c14-13-6-9(15)1-4-11(13)12-5-8(12)7-16-10-2-3-10/h1,4,6,8,10,12,16H,2-3,5,7H2. The summed E-state index contributed by atoms with van der Waals surface area (Å²) in [5, 5.41) is 4.11. The van der Waals surface area contributed by atoms with E-state index in [1.807, 2.05) is 6.07 Å². The van der Waals surface area contributed by atoms with Gasteiger partial charge in [-0.05, 0) is 55.3 Å². The maximum Gasteiger partial charge on any atom is 0.124 e. The SMILES string of the molecule is Fc1ccc(C2CC2CNC2CC2)c(Cl)c1. The van der Waals surface area contributed by atoms with E-state index in [4.69, 9.17) is 11.6 Å². The Morgan fingerprint density at radius 2 is 2.19 bits per heavy atom. The normalized spacial score (nSPS) is 28.1. The first-order chi connectivity index (χ1) is 7.74. The van der Waals surface area contributed by atoms with Gasteiger partial charge in [-0.3, -0.25) is 0 Å². The Hall–Kier alpha value is -0.600. The van der Waals surface area contributed by atoms with Crippen molar-refractivity contribution >= 4 is 11.6 Å². The summed E-state index contributed by atoms with van der Waals surface area (Å²) in [6.07, 6.45) is 3.84. The molecule has 0 amide bonds. The molecule has 0 aliphatic heterocycles. The number of rotatable bonds is 4. The number of hydrogen-bond donors (Lipinski definition) is 1. The molecule has 3 heteroatoms. The third-order valence-corrected chi connectivity index (χ3v) is 3.86. The Morgan fingerprint density at radius 3 is 2.88 bits per heavy atom. The molecule has 1 aromatic carbocycles. The zero-order valence-electron chi connectivity index (χ0n) is 9.05. The zero-order chi connectivity index (χ0) is 11.1. The topological polar surface area (TPSA) is 12.0 Å². The second-order valence-corrected chi connectivity index (χ2v) is 5.36. The van der Waals surface area contributed by atoms with Gasteiger partial charge in [0.15, 0.2) is 0 Å². The van der Waals surface area contributed by atoms with Crippen molar-refractivity contribution in [3.8, 4) is 0 Å². The summed E-state index contributed by atoms with van der Waals surface area (Å²) in [4.78, 5) is 0. The van der Waals surface area contributed by atoms with E-state index in [0.717, 1.165) is 18.2 Å². The van der Waals surface area contributed by atoms with E-state index in [9.17, 15) is 4.39 Å². The summed E-state index contributed by atoms with van der Waals surface area (Å²) in [6, 6.07) is 5.52. The predicted octanol–water partition coefficient (Wildman–Crippen LogP) is 3.33. The Bertz CT molecular complexity index is 403. The number of halogens is 2. The van der Waals surface area contributed by atoms with E-state index in [-0.39, 0.29) is 5.82 Å². The monoisotopic (exact) mass is 239 g/mol. The third kappa shape index (κ3) is 2.23. The lowest BCUT2D eigenvalue weighted by Gasteiger charge is -2.04. The van der Waals surface area contributed by atoms with Crippen LogP contribution in [-0.2, 0) is 0 Å². The molecule has 2 unspecified atom stereocenters. The molecule has 0 heterocycles. The largest absolute Gasteiger partial charge is 0.314 e. The predicted molar refractivity (Wildman–Crippen MR) is 63.3 cm³/mol. The van der Waals surface area contributed by atoms with Gasteiger partial charge in [0.25, 0.3) is 0 Å². The van der Waals surface area contributed by atoms with Crippen LogP contribution in [0.15, 0.2) is 18.2 Å². The van der Waals surface area contributed by atoms with Gasteiger partial charge in [0.05, 0.1) is 0 Å². The van der Waals surface area contributed by atoms with Crippen LogP contribution < -0.4 is 5.32 Å². The molecule has 16 heavy (non-hydrogen) atoms. The van der Waals surface area contributed by atoms with Crippen LogP contribution in [0.1, 0.15) is 30.7 Å². The summed E-state index contributed by atoms with van der Waals surface area (Å²) in [7, 11) is 0. The molecule has 0 radical (unpaired) electrons. The first kappa shape index (κ1) is 10.5. The molecule has 0 bridgehead atoms. The van der Waals surface area contributed by atoms with E-state index in [0.29, 0.717) is 16.9 Å². The summed E-state index contributed by atoms with van der Waals surface area (Å²) in [6.45, 7) is 1.09. The van der Waals surface area contributed by atoms with E-state index < -0.39 is 0 Å². The van der Waals surface area contributed by atoms with Gasteiger partial charge >= 0.3 is 0 Å². The summed E-state index contributed by atoms with van der Waals surface area (Å²) in [5.41, 5.74) is 1.12. The fourth-order valence-corrected chi connectivity index (χ4v) is 2.57. The lowest BCUT2D eigenvalue weighted by atomic mass is 10.1. The minimum Gasteiger partial charge on any atom is -0.314 e. The fourth-order valence-electron chi connectivity index (χ4n) is 2.26. The molecule has 2 aliphatic rings. The lowest BCUT2D eigenvalue weighted by Crippen LogP contribution is -2.19. The maximum atomic E-state index is 12.9. The van der Waals surface area contributed by atoms with Crippen LogP contribution in [0.2, 0.25) is 5.02 Å². The molecule has 1 N–H and O–H groups in total. The number of hydrogen-bond acceptors (Lipinski definition) is 1. The molecule has 1 aromatic rings. The van der Waals surface area contributed by atoms with Gasteiger partial charge in [0, 0.05) is 11.1 Å². The van der Waals surface area contributed by atoms with E-state index >= 15 is 0 Å². The Kier molecular flexibility index (Phi) is 2.64. The highest BCUT2D eigenvalue weighted by Gasteiger charge is 2.39. The molecule has 0 spiro atoms. The highest BCUT2D eigenvalue weighted by Crippen LogP contribution is 2.49. The highest BCUT2D eigenvalue weighted by atomic mass is 35.5. The maximum absolute atomic E-state index is 12.9. The Morgan fingerprint density at radius 1 is 1.38 bits per heavy atom. The fraction of sp³-hybridized carbons (Fsp3) is 0.538. The van der Waals surface area contributed by atoms with Gasteiger partial charge in [-0.2, -0.15) is 0 Å². The molecule has 1 nitrogen and oxygen atoms in total. The Labute approximate surface area is 100.0 Å². The van der Waals surface area contributed by atoms with Crippen LogP contribution >= 0.6 is 11.6 Å². The van der Waals surface area contributed by atoms with E-state index in [1.165, 1.54) is 31.4 Å². The van der Waals surface area contributed by atoms with Crippen molar-refractivity contribution in [2.75, 3.05) is 6.54 Å². The van der Waals surface area contributed by atoms with Crippen LogP contribution in [0.4, 0.5) is 4.39 Å². The van der Waals surface area contributed by atoms with Gasteiger partial charge in [0.2, 0.25) is 0 Å². The molecule has 2 fully saturated rings. The van der Waals surface area contributed by atoms with Gasteiger partial charge in [-0.15, -0.1) is 0 Å². The number of benzene rings is 1. The molecule has 2 aliphatic carbocycles. The molecule has 3 rings (SSSR count). The van der Waals surface area contributed by atoms with Crippen molar-refractivity contribution in [1.82, 2.24) is 5.32 Å². The summed E-state index contributed by atoms with van der Waals surface area (Å²) < 4.78 is 12.9. The molecule has 86 valence electrons. The first-order valence-electron chi connectivity index (χ1n) is 5.92. The van der Waals surface area contributed by atoms with Crippen molar-refractivity contribution < 1.29 is 4.39 Å². The van der Waals surface area contributed by atoms with Crippen molar-refractivity contribution in [3.05, 3.63) is 34.6 Å². The number of nitrogens with one attached hydrogen (secondary N) is 1. The van der Waals surface area contributed by atoms with Gasteiger partial charge < -0.3 is 5.32 Å². The molecule has 2 saturated carbocycles. The van der Waals surface area contributed by atoms with Crippen molar-refractivity contribution in [2.45, 2.75) is 31.2 Å². The smallest absolute Gasteiger partial charge is 0.124 e. The van der Waals surface area contributed by atoms with Crippen LogP contribution in [0.5, 0.6) is 0 Å². The quantitative estimate of drug-likeness (QED) is 0.850. The summed E-state index contributed by atoms with van der Waals surface area (Å²) in [5.74, 6) is 0.991. The van der Waals surface area contributed by atoms with Crippen molar-refractivity contribution in [1.29, 1.82) is 0 Å². The van der Waals surface area contributed by atoms with Crippen LogP contribution in [0.3, 0.4) is 0 Å². The van der Waals surface area contributed by atoms with Gasteiger partial charge in [-0.25, -0.2) is 4.39 Å².